The molecule has 0 spiro atoms. The SMILES string of the molecule is CCN1CCN(CC(C)(O)C(=O)OC)CC1C. The summed E-state index contributed by atoms with van der Waals surface area (Å²) < 4.78 is 4.60. The van der Waals surface area contributed by atoms with Gasteiger partial charge in [0.05, 0.1) is 7.11 Å². The van der Waals surface area contributed by atoms with Gasteiger partial charge in [0.2, 0.25) is 0 Å². The highest BCUT2D eigenvalue weighted by Crippen LogP contribution is 2.14. The fraction of sp³-hybridized carbons (Fsp3) is 0.917. The molecular weight excluding hydrogens is 220 g/mol. The second-order valence-electron chi connectivity index (χ2n) is 4.98. The van der Waals surface area contributed by atoms with Gasteiger partial charge in [-0.15, -0.1) is 0 Å². The number of hydrogen-bond donors (Lipinski definition) is 1. The summed E-state index contributed by atoms with van der Waals surface area (Å²) in [7, 11) is 1.30. The van der Waals surface area contributed by atoms with Crippen LogP contribution in [0.25, 0.3) is 0 Å². The molecule has 1 aliphatic heterocycles. The summed E-state index contributed by atoms with van der Waals surface area (Å²) in [6, 6.07) is 0.460. The van der Waals surface area contributed by atoms with Crippen molar-refractivity contribution in [2.24, 2.45) is 0 Å². The number of carbonyl (C=O) groups excluding carboxylic acids is 1. The Morgan fingerprint density at radius 1 is 1.53 bits per heavy atom. The molecule has 100 valence electrons. The van der Waals surface area contributed by atoms with Gasteiger partial charge >= 0.3 is 5.97 Å². The number of nitrogens with zero attached hydrogens (tertiary/aromatic N) is 2. The number of esters is 1. The minimum atomic E-state index is -1.41. The van der Waals surface area contributed by atoms with Crippen LogP contribution in [0, 0.1) is 0 Å². The first-order valence-corrected chi connectivity index (χ1v) is 6.18. The number of piperazine rings is 1. The van der Waals surface area contributed by atoms with Crippen LogP contribution in [-0.4, -0.2) is 72.4 Å². The predicted octanol–water partition coefficient (Wildman–Crippen LogP) is -0.0636. The van der Waals surface area contributed by atoms with E-state index in [1.165, 1.54) is 14.0 Å². The van der Waals surface area contributed by atoms with Crippen LogP contribution in [0.3, 0.4) is 0 Å². The number of ether oxygens (including phenoxy) is 1. The summed E-state index contributed by atoms with van der Waals surface area (Å²) in [5.41, 5.74) is -1.41. The lowest BCUT2D eigenvalue weighted by Crippen LogP contribution is -2.56. The van der Waals surface area contributed by atoms with E-state index in [1.54, 1.807) is 0 Å². The number of β-amino-alcohol motifs (C(OH)–C–C–N with tert-alkyl or cyclic N) is 1. The molecule has 0 aromatic heterocycles. The Labute approximate surface area is 103 Å². The first-order chi connectivity index (χ1) is 7.90. The smallest absolute Gasteiger partial charge is 0.338 e. The van der Waals surface area contributed by atoms with Crippen LogP contribution < -0.4 is 0 Å². The van der Waals surface area contributed by atoms with Gasteiger partial charge in [-0.25, -0.2) is 4.79 Å². The second kappa shape index (κ2) is 5.80. The van der Waals surface area contributed by atoms with Crippen molar-refractivity contribution in [1.82, 2.24) is 9.80 Å². The topological polar surface area (TPSA) is 53.0 Å². The number of aliphatic hydroxyl groups is 1. The fourth-order valence-electron chi connectivity index (χ4n) is 2.40. The van der Waals surface area contributed by atoms with Crippen molar-refractivity contribution >= 4 is 5.97 Å². The molecule has 1 rings (SSSR count). The maximum absolute atomic E-state index is 11.4. The van der Waals surface area contributed by atoms with Crippen LogP contribution >= 0.6 is 0 Å². The summed E-state index contributed by atoms with van der Waals surface area (Å²) in [6.07, 6.45) is 0. The molecule has 2 unspecified atom stereocenters. The largest absolute Gasteiger partial charge is 0.467 e. The van der Waals surface area contributed by atoms with E-state index in [0.717, 1.165) is 26.2 Å². The minimum absolute atomic E-state index is 0.335. The third kappa shape index (κ3) is 3.66. The lowest BCUT2D eigenvalue weighted by Gasteiger charge is -2.41. The van der Waals surface area contributed by atoms with Crippen LogP contribution in [0.1, 0.15) is 20.8 Å². The van der Waals surface area contributed by atoms with Gasteiger partial charge in [-0.1, -0.05) is 6.92 Å². The van der Waals surface area contributed by atoms with Gasteiger partial charge in [-0.3, -0.25) is 9.80 Å². The molecule has 0 aromatic rings. The van der Waals surface area contributed by atoms with Gasteiger partial charge in [0, 0.05) is 32.2 Å². The van der Waals surface area contributed by atoms with Crippen LogP contribution in [0.4, 0.5) is 0 Å². The lowest BCUT2D eigenvalue weighted by atomic mass is 10.1. The molecular formula is C12H24N2O3. The first kappa shape index (κ1) is 14.4. The average Bonchev–Trinajstić information content (AvgIpc) is 2.27. The number of methoxy groups -OCH3 is 1. The molecule has 0 amide bonds. The Kier molecular flexibility index (Phi) is 4.91. The van der Waals surface area contributed by atoms with E-state index in [1.807, 2.05) is 0 Å². The zero-order valence-electron chi connectivity index (χ0n) is 11.3. The molecule has 17 heavy (non-hydrogen) atoms. The molecule has 1 aliphatic rings. The van der Waals surface area contributed by atoms with Crippen molar-refractivity contribution in [2.45, 2.75) is 32.4 Å². The molecule has 0 aliphatic carbocycles. The quantitative estimate of drug-likeness (QED) is 0.702. The zero-order valence-corrected chi connectivity index (χ0v) is 11.3. The first-order valence-electron chi connectivity index (χ1n) is 6.18. The Bertz CT molecular complexity index is 268. The zero-order chi connectivity index (χ0) is 13.1. The normalized spacial score (nSPS) is 26.5. The molecule has 0 bridgehead atoms. The number of hydrogen-bond acceptors (Lipinski definition) is 5. The lowest BCUT2D eigenvalue weighted by molar-refractivity contribution is -0.163. The number of carbonyl (C=O) groups is 1. The van der Waals surface area contributed by atoms with Crippen molar-refractivity contribution in [3.8, 4) is 0 Å². The van der Waals surface area contributed by atoms with Gasteiger partial charge in [-0.05, 0) is 20.4 Å². The molecule has 0 saturated carbocycles. The summed E-state index contributed by atoms with van der Waals surface area (Å²) in [4.78, 5) is 15.9. The maximum Gasteiger partial charge on any atom is 0.338 e. The van der Waals surface area contributed by atoms with Gasteiger partial charge in [0.15, 0.2) is 5.60 Å². The summed E-state index contributed by atoms with van der Waals surface area (Å²) in [6.45, 7) is 9.94. The molecule has 1 fully saturated rings. The molecule has 1 heterocycles. The van der Waals surface area contributed by atoms with Crippen molar-refractivity contribution < 1.29 is 14.6 Å². The third-order valence-electron chi connectivity index (χ3n) is 3.41. The van der Waals surface area contributed by atoms with E-state index >= 15 is 0 Å². The van der Waals surface area contributed by atoms with Crippen LogP contribution in [0.15, 0.2) is 0 Å². The van der Waals surface area contributed by atoms with E-state index in [9.17, 15) is 9.90 Å². The monoisotopic (exact) mass is 244 g/mol. The van der Waals surface area contributed by atoms with E-state index in [-0.39, 0.29) is 0 Å². The van der Waals surface area contributed by atoms with Crippen LogP contribution in [-0.2, 0) is 9.53 Å². The molecule has 5 heteroatoms. The van der Waals surface area contributed by atoms with Gasteiger partial charge in [0.1, 0.15) is 0 Å². The minimum Gasteiger partial charge on any atom is -0.467 e. The molecule has 5 nitrogen and oxygen atoms in total. The highest BCUT2D eigenvalue weighted by atomic mass is 16.5. The average molecular weight is 244 g/mol. The van der Waals surface area contributed by atoms with E-state index in [4.69, 9.17) is 0 Å². The van der Waals surface area contributed by atoms with Gasteiger partial charge in [0.25, 0.3) is 0 Å². The van der Waals surface area contributed by atoms with Crippen molar-refractivity contribution in [3.05, 3.63) is 0 Å². The van der Waals surface area contributed by atoms with Crippen molar-refractivity contribution in [3.63, 3.8) is 0 Å². The highest BCUT2D eigenvalue weighted by molar-refractivity contribution is 5.78. The van der Waals surface area contributed by atoms with E-state index in [0.29, 0.717) is 12.6 Å². The molecule has 0 radical (unpaired) electrons. The molecule has 2 atom stereocenters. The molecule has 0 aromatic carbocycles. The highest BCUT2D eigenvalue weighted by Gasteiger charge is 2.35. The number of rotatable bonds is 4. The fourth-order valence-corrected chi connectivity index (χ4v) is 2.40. The maximum atomic E-state index is 11.4. The Balaban J connectivity index is 2.51. The molecule has 1 N–H and O–H groups in total. The van der Waals surface area contributed by atoms with Crippen LogP contribution in [0.2, 0.25) is 0 Å². The Morgan fingerprint density at radius 3 is 2.65 bits per heavy atom. The summed E-state index contributed by atoms with van der Waals surface area (Å²) in [5, 5.41) is 10.0. The second-order valence-corrected chi connectivity index (χ2v) is 4.98. The molecule has 1 saturated heterocycles. The van der Waals surface area contributed by atoms with Crippen molar-refractivity contribution in [2.75, 3.05) is 39.8 Å². The van der Waals surface area contributed by atoms with Gasteiger partial charge in [-0.2, -0.15) is 0 Å². The summed E-state index contributed by atoms with van der Waals surface area (Å²) in [5.74, 6) is -0.567. The van der Waals surface area contributed by atoms with Crippen molar-refractivity contribution in [1.29, 1.82) is 0 Å². The van der Waals surface area contributed by atoms with Gasteiger partial charge < -0.3 is 9.84 Å². The van der Waals surface area contributed by atoms with E-state index in [2.05, 4.69) is 28.4 Å². The summed E-state index contributed by atoms with van der Waals surface area (Å²) >= 11 is 0. The number of likely N-dealkylation sites (N-methyl/N-ethyl adjacent to an activating group) is 1. The van der Waals surface area contributed by atoms with Crippen LogP contribution in [0.5, 0.6) is 0 Å². The predicted molar refractivity (Wildman–Crippen MR) is 65.8 cm³/mol. The Morgan fingerprint density at radius 2 is 2.18 bits per heavy atom. The van der Waals surface area contributed by atoms with E-state index < -0.39 is 11.6 Å². The Hall–Kier alpha value is -0.650. The third-order valence-corrected chi connectivity index (χ3v) is 3.41. The standard InChI is InChI=1S/C12H24N2O3/c1-5-14-7-6-13(8-10(14)2)9-12(3,16)11(15)17-4/h10,16H,5-9H2,1-4H3.